The molecule has 3 rings (SSSR count). The van der Waals surface area contributed by atoms with Gasteiger partial charge in [-0.05, 0) is 23.3 Å². The Morgan fingerprint density at radius 3 is 2.71 bits per heavy atom. The smallest absolute Gasteiger partial charge is 0.173 e. The number of piperidine rings is 1. The van der Waals surface area contributed by atoms with Crippen molar-refractivity contribution in [2.75, 3.05) is 13.1 Å². The van der Waals surface area contributed by atoms with E-state index in [1.54, 1.807) is 6.07 Å². The van der Waals surface area contributed by atoms with E-state index in [1.165, 1.54) is 0 Å². The van der Waals surface area contributed by atoms with Crippen molar-refractivity contribution in [1.29, 1.82) is 0 Å². The number of hydrogen-bond donors (Lipinski definition) is 1. The molecule has 0 aromatic heterocycles. The molecule has 1 atom stereocenters. The minimum absolute atomic E-state index is 0.155. The van der Waals surface area contributed by atoms with E-state index in [-0.39, 0.29) is 10.5 Å². The number of ketones is 1. The molecule has 2 aliphatic heterocycles. The highest BCUT2D eigenvalue weighted by molar-refractivity contribution is 7.93. The molecule has 0 aliphatic carbocycles. The number of rotatable bonds is 0. The van der Waals surface area contributed by atoms with Gasteiger partial charge < -0.3 is 9.87 Å². The summed E-state index contributed by atoms with van der Waals surface area (Å²) in [5.74, 6) is 0.155. The van der Waals surface area contributed by atoms with Gasteiger partial charge >= 0.3 is 0 Å². The summed E-state index contributed by atoms with van der Waals surface area (Å²) in [4.78, 5) is 12.9. The van der Waals surface area contributed by atoms with E-state index in [1.807, 2.05) is 18.2 Å². The Labute approximate surface area is 104 Å². The molecular weight excluding hydrogens is 234 g/mol. The zero-order chi connectivity index (χ0) is 11.9. The Balaban J connectivity index is 2.05. The van der Waals surface area contributed by atoms with Crippen LogP contribution in [-0.4, -0.2) is 28.2 Å². The van der Waals surface area contributed by atoms with E-state index in [0.717, 1.165) is 30.8 Å². The topological polar surface area (TPSA) is 52.2 Å². The third-order valence-corrected chi connectivity index (χ3v) is 5.87. The van der Waals surface area contributed by atoms with E-state index < -0.39 is 11.2 Å². The average molecular weight is 249 g/mol. The van der Waals surface area contributed by atoms with Crippen LogP contribution in [0.1, 0.15) is 29.6 Å². The SMILES string of the molecule is O=C1CC2(CCNCC2)[S+]([O-])c2ccccc21. The van der Waals surface area contributed by atoms with Crippen molar-refractivity contribution in [2.45, 2.75) is 28.9 Å². The van der Waals surface area contributed by atoms with Gasteiger partial charge in [0.1, 0.15) is 4.75 Å². The largest absolute Gasteiger partial charge is 0.611 e. The predicted molar refractivity (Wildman–Crippen MR) is 66.6 cm³/mol. The molecule has 3 nitrogen and oxygen atoms in total. The summed E-state index contributed by atoms with van der Waals surface area (Å²) in [5, 5.41) is 3.27. The summed E-state index contributed by atoms with van der Waals surface area (Å²) in [7, 11) is 0. The minimum atomic E-state index is -1.04. The van der Waals surface area contributed by atoms with Crippen LogP contribution in [0.15, 0.2) is 29.2 Å². The highest BCUT2D eigenvalue weighted by atomic mass is 32.2. The summed E-state index contributed by atoms with van der Waals surface area (Å²) in [6, 6.07) is 7.34. The first-order valence-corrected chi connectivity index (χ1v) is 7.13. The zero-order valence-electron chi connectivity index (χ0n) is 9.57. The Bertz CT molecular complexity index is 454. The molecule has 1 unspecified atom stereocenters. The van der Waals surface area contributed by atoms with E-state index in [4.69, 9.17) is 0 Å². The van der Waals surface area contributed by atoms with Crippen LogP contribution in [0.25, 0.3) is 0 Å². The van der Waals surface area contributed by atoms with Crippen molar-refractivity contribution in [3.63, 3.8) is 0 Å². The van der Waals surface area contributed by atoms with Crippen molar-refractivity contribution in [1.82, 2.24) is 5.32 Å². The zero-order valence-corrected chi connectivity index (χ0v) is 10.4. The first-order chi connectivity index (χ1) is 8.23. The van der Waals surface area contributed by atoms with Gasteiger partial charge in [-0.2, -0.15) is 0 Å². The summed E-state index contributed by atoms with van der Waals surface area (Å²) in [6.45, 7) is 1.72. The quantitative estimate of drug-likeness (QED) is 0.709. The fourth-order valence-corrected chi connectivity index (χ4v) is 4.68. The molecule has 2 aliphatic rings. The monoisotopic (exact) mass is 249 g/mol. The van der Waals surface area contributed by atoms with Gasteiger partial charge in [-0.15, -0.1) is 0 Å². The third kappa shape index (κ3) is 1.71. The minimum Gasteiger partial charge on any atom is -0.611 e. The Hall–Kier alpha value is -0.840. The van der Waals surface area contributed by atoms with Crippen molar-refractivity contribution in [2.24, 2.45) is 0 Å². The van der Waals surface area contributed by atoms with Crippen LogP contribution >= 0.6 is 0 Å². The molecule has 1 N–H and O–H groups in total. The summed E-state index contributed by atoms with van der Waals surface area (Å²) >= 11 is -1.04. The van der Waals surface area contributed by atoms with Gasteiger partial charge in [-0.3, -0.25) is 4.79 Å². The van der Waals surface area contributed by atoms with Crippen molar-refractivity contribution < 1.29 is 9.35 Å². The van der Waals surface area contributed by atoms with Crippen LogP contribution in [0.2, 0.25) is 0 Å². The second kappa shape index (κ2) is 4.12. The fourth-order valence-electron chi connectivity index (χ4n) is 2.79. The molecule has 17 heavy (non-hydrogen) atoms. The molecule has 90 valence electrons. The number of carbonyl (C=O) groups excluding carboxylic acids is 1. The molecular formula is C13H15NO2S. The molecule has 1 aromatic rings. The van der Waals surface area contributed by atoms with Crippen LogP contribution < -0.4 is 5.32 Å². The number of benzene rings is 1. The van der Waals surface area contributed by atoms with Crippen LogP contribution in [-0.2, 0) is 11.2 Å². The maximum absolute atomic E-state index is 12.7. The van der Waals surface area contributed by atoms with Crippen molar-refractivity contribution >= 4 is 17.0 Å². The highest BCUT2D eigenvalue weighted by Crippen LogP contribution is 2.42. The van der Waals surface area contributed by atoms with Crippen LogP contribution in [0, 0.1) is 0 Å². The Morgan fingerprint density at radius 2 is 1.94 bits per heavy atom. The molecule has 0 bridgehead atoms. The summed E-state index contributed by atoms with van der Waals surface area (Å²) in [6.07, 6.45) is 2.11. The molecule has 1 fully saturated rings. The van der Waals surface area contributed by atoms with Crippen molar-refractivity contribution in [3.05, 3.63) is 29.8 Å². The molecule has 4 heteroatoms. The van der Waals surface area contributed by atoms with E-state index in [9.17, 15) is 9.35 Å². The number of hydrogen-bond acceptors (Lipinski definition) is 3. The normalized spacial score (nSPS) is 26.9. The molecule has 0 radical (unpaired) electrons. The second-order valence-electron chi connectivity index (χ2n) is 4.80. The summed E-state index contributed by atoms with van der Waals surface area (Å²) < 4.78 is 12.4. The van der Waals surface area contributed by atoms with Gasteiger partial charge in [0, 0.05) is 25.9 Å². The first-order valence-electron chi connectivity index (χ1n) is 5.98. The maximum Gasteiger partial charge on any atom is 0.173 e. The van der Waals surface area contributed by atoms with Gasteiger partial charge in [-0.1, -0.05) is 12.1 Å². The lowest BCUT2D eigenvalue weighted by molar-refractivity contribution is 0.0950. The molecule has 0 saturated carbocycles. The second-order valence-corrected chi connectivity index (χ2v) is 6.64. The third-order valence-electron chi connectivity index (χ3n) is 3.78. The van der Waals surface area contributed by atoms with Crippen molar-refractivity contribution in [3.8, 4) is 0 Å². The number of nitrogens with one attached hydrogen (secondary N) is 1. The van der Waals surface area contributed by atoms with E-state index in [2.05, 4.69) is 5.32 Å². The Morgan fingerprint density at radius 1 is 1.24 bits per heavy atom. The lowest BCUT2D eigenvalue weighted by Crippen LogP contribution is -2.51. The number of Topliss-reactive ketones (excluding diaryl/α,β-unsaturated/α-hetero) is 1. The summed E-state index contributed by atoms with van der Waals surface area (Å²) in [5.41, 5.74) is 0.662. The number of carbonyl (C=O) groups is 1. The maximum atomic E-state index is 12.7. The van der Waals surface area contributed by atoms with Crippen LogP contribution in [0.5, 0.6) is 0 Å². The van der Waals surface area contributed by atoms with Gasteiger partial charge in [-0.25, -0.2) is 0 Å². The van der Waals surface area contributed by atoms with Crippen LogP contribution in [0.3, 0.4) is 0 Å². The highest BCUT2D eigenvalue weighted by Gasteiger charge is 2.50. The van der Waals surface area contributed by atoms with E-state index >= 15 is 0 Å². The van der Waals surface area contributed by atoms with E-state index in [0.29, 0.717) is 12.0 Å². The number of fused-ring (bicyclic) bond motifs is 1. The first kappa shape index (κ1) is 11.3. The van der Waals surface area contributed by atoms with Gasteiger partial charge in [0.15, 0.2) is 10.7 Å². The van der Waals surface area contributed by atoms with Gasteiger partial charge in [0.25, 0.3) is 0 Å². The fraction of sp³-hybridized carbons (Fsp3) is 0.462. The predicted octanol–water partition coefficient (Wildman–Crippen LogP) is 1.50. The lowest BCUT2D eigenvalue weighted by Gasteiger charge is -2.40. The molecule has 1 saturated heterocycles. The standard InChI is InChI=1S/C13H15NO2S/c15-11-9-13(5-7-14-8-6-13)17(16)12-4-2-1-3-10(11)12/h1-4,14H,5-9H2. The molecule has 1 spiro atoms. The molecule has 0 amide bonds. The molecule has 2 heterocycles. The van der Waals surface area contributed by atoms with Crippen LogP contribution in [0.4, 0.5) is 0 Å². The molecule has 1 aromatic carbocycles. The average Bonchev–Trinajstić information content (AvgIpc) is 2.37. The van der Waals surface area contributed by atoms with Gasteiger partial charge in [0.2, 0.25) is 0 Å². The van der Waals surface area contributed by atoms with Gasteiger partial charge in [0.05, 0.1) is 12.0 Å². The Kier molecular flexibility index (Phi) is 2.73. The lowest BCUT2D eigenvalue weighted by atomic mass is 9.89.